The lowest BCUT2D eigenvalue weighted by atomic mass is 9.26. The number of fused-ring (bicyclic) bond motifs is 4. The van der Waals surface area contributed by atoms with Gasteiger partial charge in [0.15, 0.2) is 23.0 Å². The maximum Gasteiger partial charge on any atom is 0.328 e. The third kappa shape index (κ3) is 1.78. The molecule has 6 aromatic rings. The molecule has 42 heavy (non-hydrogen) atoms. The van der Waals surface area contributed by atoms with Gasteiger partial charge in [0.25, 0.3) is 0 Å². The van der Waals surface area contributed by atoms with Gasteiger partial charge in [-0.15, -0.1) is 0 Å². The number of rotatable bonds is 0. The first-order chi connectivity index (χ1) is 20.9. The zero-order valence-electron chi connectivity index (χ0n) is 22.1. The second-order valence-electron chi connectivity index (χ2n) is 12.3. The molecule has 0 fully saturated rings. The summed E-state index contributed by atoms with van der Waals surface area (Å²) in [4.78, 5) is 5.24. The van der Waals surface area contributed by atoms with Crippen LogP contribution in [0.5, 0.6) is 23.0 Å². The summed E-state index contributed by atoms with van der Waals surface area (Å²) in [5.74, 6) is 3.76. The molecule has 0 saturated carbocycles. The molecular formula is C36H16B2N2O2. The number of benzene rings is 6. The Morgan fingerprint density at radius 2 is 0.619 bits per heavy atom. The predicted octanol–water partition coefficient (Wildman–Crippen LogP) is 6.02. The van der Waals surface area contributed by atoms with Gasteiger partial charge in [0.1, 0.15) is 0 Å². The number of hydrogen-bond acceptors (Lipinski definition) is 4. The van der Waals surface area contributed by atoms with Crippen LogP contribution >= 0.6 is 0 Å². The van der Waals surface area contributed by atoms with Gasteiger partial charge in [-0.05, 0) is 68.4 Å². The monoisotopic (exact) mass is 530 g/mol. The lowest BCUT2D eigenvalue weighted by Gasteiger charge is -2.55. The molecule has 0 aliphatic carbocycles. The number of anilines is 4. The van der Waals surface area contributed by atoms with Crippen LogP contribution in [0.1, 0.15) is 0 Å². The molecule has 4 nitrogen and oxygen atoms in total. The summed E-state index contributed by atoms with van der Waals surface area (Å²) in [6.45, 7) is 0.163. The fourth-order valence-corrected chi connectivity index (χ4v) is 9.45. The van der Waals surface area contributed by atoms with E-state index < -0.39 is 0 Å². The van der Waals surface area contributed by atoms with Crippen molar-refractivity contribution in [3.63, 3.8) is 0 Å². The van der Waals surface area contributed by atoms with Crippen LogP contribution in [0.15, 0.2) is 97.1 Å². The maximum atomic E-state index is 6.64. The summed E-state index contributed by atoms with van der Waals surface area (Å²) in [6.07, 6.45) is 0. The lowest BCUT2D eigenvalue weighted by Crippen LogP contribution is -2.80. The molecule has 0 atom stereocenters. The Balaban J connectivity index is 1.32. The van der Waals surface area contributed by atoms with Crippen LogP contribution in [-0.4, -0.2) is 13.7 Å². The second kappa shape index (κ2) is 5.97. The molecule has 0 N–H and O–H groups in total. The van der Waals surface area contributed by atoms with Crippen LogP contribution in [-0.2, 0) is 0 Å². The summed E-state index contributed by atoms with van der Waals surface area (Å²) in [7, 11) is 0. The molecule has 7 aliphatic rings. The molecule has 0 aromatic heterocycles. The lowest BCUT2D eigenvalue weighted by molar-refractivity contribution is 0.478. The highest BCUT2D eigenvalue weighted by molar-refractivity contribution is 7.09. The van der Waals surface area contributed by atoms with Crippen LogP contribution in [0.4, 0.5) is 22.7 Å². The quantitative estimate of drug-likeness (QED) is 0.224. The zero-order valence-corrected chi connectivity index (χ0v) is 22.1. The highest BCUT2D eigenvalue weighted by atomic mass is 16.5. The minimum Gasteiger partial charge on any atom is -0.453 e. The number of nitrogens with zero attached hydrogens (tertiary/aromatic N) is 2. The number of para-hydroxylation sites is 4. The largest absolute Gasteiger partial charge is 0.453 e. The summed E-state index contributed by atoms with van der Waals surface area (Å²) >= 11 is 0. The zero-order chi connectivity index (χ0) is 26.6. The molecule has 0 amide bonds. The summed E-state index contributed by atoms with van der Waals surface area (Å²) < 4.78 is 13.3. The Bertz CT molecular complexity index is 2090. The van der Waals surface area contributed by atoms with Crippen LogP contribution < -0.4 is 40.9 Å². The maximum absolute atomic E-state index is 6.64. The Kier molecular flexibility index (Phi) is 2.80. The van der Waals surface area contributed by atoms with Gasteiger partial charge >= 0.3 is 13.7 Å². The fourth-order valence-electron chi connectivity index (χ4n) is 9.45. The second-order valence-corrected chi connectivity index (χ2v) is 12.3. The molecule has 0 radical (unpaired) electrons. The Morgan fingerprint density at radius 3 is 0.905 bits per heavy atom. The smallest absolute Gasteiger partial charge is 0.328 e. The average molecular weight is 530 g/mol. The molecule has 6 heteroatoms. The minimum absolute atomic E-state index is 0.0813. The van der Waals surface area contributed by atoms with E-state index in [4.69, 9.17) is 9.47 Å². The van der Waals surface area contributed by atoms with Crippen LogP contribution in [0.2, 0.25) is 0 Å². The fraction of sp³-hybridized carbons (Fsp3) is 0. The first kappa shape index (κ1) is 19.7. The van der Waals surface area contributed by atoms with Gasteiger partial charge in [-0.25, -0.2) is 0 Å². The van der Waals surface area contributed by atoms with Crippen molar-refractivity contribution < 1.29 is 9.47 Å². The molecule has 7 aliphatic heterocycles. The number of ether oxygens (including phenoxy) is 2. The predicted molar refractivity (Wildman–Crippen MR) is 169 cm³/mol. The van der Waals surface area contributed by atoms with Gasteiger partial charge in [-0.3, -0.25) is 0 Å². The van der Waals surface area contributed by atoms with Gasteiger partial charge in [0.05, 0.1) is 22.7 Å². The van der Waals surface area contributed by atoms with Crippen molar-refractivity contribution in [1.29, 1.82) is 0 Å². The van der Waals surface area contributed by atoms with E-state index in [-0.39, 0.29) is 13.7 Å². The van der Waals surface area contributed by atoms with Crippen LogP contribution in [0.3, 0.4) is 0 Å². The first-order valence-corrected chi connectivity index (χ1v) is 14.7. The summed E-state index contributed by atoms with van der Waals surface area (Å²) in [6, 6.07) is 35.7. The third-order valence-corrected chi connectivity index (χ3v) is 10.7. The average Bonchev–Trinajstić information content (AvgIpc) is 3.04. The van der Waals surface area contributed by atoms with Crippen molar-refractivity contribution in [1.82, 2.24) is 0 Å². The normalized spacial score (nSPS) is 15.8. The molecule has 188 valence electrons. The summed E-state index contributed by atoms with van der Waals surface area (Å²) in [5, 5.41) is 0. The molecule has 7 heterocycles. The van der Waals surface area contributed by atoms with Crippen molar-refractivity contribution in [3.05, 3.63) is 97.1 Å². The van der Waals surface area contributed by atoms with E-state index in [2.05, 4.69) is 107 Å². The van der Waals surface area contributed by atoms with E-state index in [1.54, 1.807) is 0 Å². The van der Waals surface area contributed by atoms with E-state index in [0.717, 1.165) is 23.0 Å². The number of hydrogen-bond donors (Lipinski definition) is 0. The van der Waals surface area contributed by atoms with Crippen molar-refractivity contribution in [2.24, 2.45) is 0 Å². The molecule has 0 unspecified atom stereocenters. The Morgan fingerprint density at radius 1 is 0.333 bits per heavy atom. The van der Waals surface area contributed by atoms with Gasteiger partial charge < -0.3 is 19.1 Å². The highest BCUT2D eigenvalue weighted by Gasteiger charge is 2.58. The molecular weight excluding hydrogens is 514 g/mol. The Hall–Kier alpha value is -5.35. The molecule has 0 saturated heterocycles. The van der Waals surface area contributed by atoms with E-state index in [9.17, 15) is 0 Å². The highest BCUT2D eigenvalue weighted by Crippen LogP contribution is 2.61. The van der Waals surface area contributed by atoms with Gasteiger partial charge in [-0.2, -0.15) is 0 Å². The Labute approximate surface area is 241 Å². The van der Waals surface area contributed by atoms with E-state index in [1.165, 1.54) is 89.1 Å². The van der Waals surface area contributed by atoms with Crippen LogP contribution in [0.25, 0.3) is 44.5 Å². The minimum atomic E-state index is 0.0813. The van der Waals surface area contributed by atoms with Crippen molar-refractivity contribution in [2.45, 2.75) is 0 Å². The third-order valence-electron chi connectivity index (χ3n) is 10.7. The van der Waals surface area contributed by atoms with Gasteiger partial charge in [-0.1, -0.05) is 72.8 Å². The topological polar surface area (TPSA) is 24.9 Å². The van der Waals surface area contributed by atoms with Crippen molar-refractivity contribution >= 4 is 58.3 Å². The molecule has 0 spiro atoms. The van der Waals surface area contributed by atoms with Crippen LogP contribution in [0, 0.1) is 0 Å². The first-order valence-electron chi connectivity index (χ1n) is 14.7. The van der Waals surface area contributed by atoms with E-state index in [1.807, 2.05) is 0 Å². The molecule has 6 aromatic carbocycles. The summed E-state index contributed by atoms with van der Waals surface area (Å²) in [5.41, 5.74) is 20.9. The van der Waals surface area contributed by atoms with E-state index in [0.29, 0.717) is 0 Å². The van der Waals surface area contributed by atoms with Gasteiger partial charge in [0, 0.05) is 22.3 Å². The van der Waals surface area contributed by atoms with Gasteiger partial charge in [0.2, 0.25) is 0 Å². The van der Waals surface area contributed by atoms with Crippen molar-refractivity contribution in [3.8, 4) is 67.5 Å². The SMILES string of the molecule is c1cc2c3c(c1)-c1ccc4c5c1B1c6c(ccc7c6B5N5c6c(cccc6-4)Oc4cccc-7c45)-c4cccc(c4N13)O2. The molecule has 13 rings (SSSR count). The van der Waals surface area contributed by atoms with Crippen molar-refractivity contribution in [2.75, 3.05) is 9.62 Å². The standard InChI is InChI=1S/C36H16B2N2O2/c1-5-21-17-13-14-18-23-7-3-11-27-35(23)40-36-24(8-4-12-28(36)42-27)20-16-15-19-22-6-2-10-26-34(22)39(33(21)25(9-1)41-26)37-29(17)30(18)38(40)32(20)31(19)37/h1-16H. The molecule has 0 bridgehead atoms. The van der Waals surface area contributed by atoms with E-state index >= 15 is 0 Å².